The molecule has 0 bridgehead atoms. The summed E-state index contributed by atoms with van der Waals surface area (Å²) >= 11 is 0. The summed E-state index contributed by atoms with van der Waals surface area (Å²) in [6.07, 6.45) is 5.15. The van der Waals surface area contributed by atoms with E-state index in [9.17, 15) is 0 Å². The van der Waals surface area contributed by atoms with Crippen molar-refractivity contribution >= 4 is 5.82 Å². The Labute approximate surface area is 87.5 Å². The van der Waals surface area contributed by atoms with Crippen LogP contribution >= 0.6 is 0 Å². The number of nitrogen functional groups attached to an aromatic ring is 1. The topological polar surface area (TPSA) is 66.0 Å². The first-order valence-electron chi connectivity index (χ1n) is 4.69. The highest BCUT2D eigenvalue weighted by Gasteiger charge is 2.00. The molecule has 0 aliphatic rings. The van der Waals surface area contributed by atoms with Crippen LogP contribution in [0.3, 0.4) is 0 Å². The first-order chi connectivity index (χ1) is 7.29. The number of hydrogen-bond acceptors (Lipinski definition) is 4. The Balaban J connectivity index is 2.32. The molecule has 5 heteroatoms. The molecule has 0 atom stereocenters. The molecule has 2 heterocycles. The second-order valence-electron chi connectivity index (χ2n) is 3.00. The Hall–Kier alpha value is -2.04. The van der Waals surface area contributed by atoms with Crippen molar-refractivity contribution in [2.75, 3.05) is 12.3 Å². The van der Waals surface area contributed by atoms with Gasteiger partial charge in [0.05, 0.1) is 24.7 Å². The first kappa shape index (κ1) is 9.51. The third-order valence-corrected chi connectivity index (χ3v) is 1.88. The van der Waals surface area contributed by atoms with Gasteiger partial charge in [0.1, 0.15) is 11.6 Å². The van der Waals surface area contributed by atoms with Crippen LogP contribution < -0.4 is 10.5 Å². The maximum Gasteiger partial charge on any atom is 0.145 e. The third-order valence-electron chi connectivity index (χ3n) is 1.88. The lowest BCUT2D eigenvalue weighted by molar-refractivity contribution is 0.338. The molecule has 2 N–H and O–H groups in total. The summed E-state index contributed by atoms with van der Waals surface area (Å²) in [5.41, 5.74) is 6.36. The highest BCUT2D eigenvalue weighted by atomic mass is 16.5. The van der Waals surface area contributed by atoms with Gasteiger partial charge in [0.15, 0.2) is 0 Å². The van der Waals surface area contributed by atoms with Crippen molar-refractivity contribution in [2.45, 2.75) is 6.92 Å². The predicted octanol–water partition coefficient (Wildman–Crippen LogP) is 1.25. The molecular formula is C10H12N4O. The van der Waals surface area contributed by atoms with Crippen molar-refractivity contribution in [3.8, 4) is 11.4 Å². The van der Waals surface area contributed by atoms with Crippen molar-refractivity contribution in [2.24, 2.45) is 0 Å². The number of anilines is 1. The summed E-state index contributed by atoms with van der Waals surface area (Å²) < 4.78 is 7.00. The molecule has 0 amide bonds. The van der Waals surface area contributed by atoms with Crippen LogP contribution in [0.4, 0.5) is 5.82 Å². The summed E-state index contributed by atoms with van der Waals surface area (Å²) in [4.78, 5) is 4.06. The zero-order valence-corrected chi connectivity index (χ0v) is 8.42. The molecule has 0 spiro atoms. The van der Waals surface area contributed by atoms with Gasteiger partial charge in [-0.25, -0.2) is 4.68 Å². The summed E-state index contributed by atoms with van der Waals surface area (Å²) in [5.74, 6) is 1.21. The molecule has 0 radical (unpaired) electrons. The van der Waals surface area contributed by atoms with E-state index in [4.69, 9.17) is 10.5 Å². The minimum atomic E-state index is 0.483. The van der Waals surface area contributed by atoms with Gasteiger partial charge in [-0.3, -0.25) is 4.98 Å². The molecule has 2 rings (SSSR count). The SMILES string of the molecule is CCOc1cncc(-n2ccc(N)n2)c1. The van der Waals surface area contributed by atoms with Crippen molar-refractivity contribution in [3.63, 3.8) is 0 Å². The minimum absolute atomic E-state index is 0.483. The van der Waals surface area contributed by atoms with Gasteiger partial charge in [0, 0.05) is 18.3 Å². The fourth-order valence-electron chi connectivity index (χ4n) is 1.26. The van der Waals surface area contributed by atoms with Crippen molar-refractivity contribution in [3.05, 3.63) is 30.7 Å². The van der Waals surface area contributed by atoms with E-state index in [0.717, 1.165) is 11.4 Å². The van der Waals surface area contributed by atoms with Crippen LogP contribution in [-0.2, 0) is 0 Å². The molecular weight excluding hydrogens is 192 g/mol. The summed E-state index contributed by atoms with van der Waals surface area (Å²) in [7, 11) is 0. The molecule has 2 aromatic heterocycles. The van der Waals surface area contributed by atoms with Crippen LogP contribution in [-0.4, -0.2) is 21.4 Å². The lowest BCUT2D eigenvalue weighted by Gasteiger charge is -2.04. The van der Waals surface area contributed by atoms with Crippen LogP contribution in [0.5, 0.6) is 5.75 Å². The number of pyridine rings is 1. The Kier molecular flexibility index (Phi) is 2.53. The van der Waals surface area contributed by atoms with Crippen molar-refractivity contribution < 1.29 is 4.74 Å². The maximum absolute atomic E-state index is 5.53. The van der Waals surface area contributed by atoms with Gasteiger partial charge >= 0.3 is 0 Å². The number of hydrogen-bond donors (Lipinski definition) is 1. The normalized spacial score (nSPS) is 10.2. The van der Waals surface area contributed by atoms with Gasteiger partial charge in [-0.05, 0) is 6.92 Å². The van der Waals surface area contributed by atoms with Crippen LogP contribution in [0.1, 0.15) is 6.92 Å². The molecule has 15 heavy (non-hydrogen) atoms. The Bertz CT molecular complexity index is 452. The van der Waals surface area contributed by atoms with Gasteiger partial charge in [0.25, 0.3) is 0 Å². The monoisotopic (exact) mass is 204 g/mol. The van der Waals surface area contributed by atoms with E-state index in [1.807, 2.05) is 13.0 Å². The average molecular weight is 204 g/mol. The predicted molar refractivity (Wildman–Crippen MR) is 56.9 cm³/mol. The zero-order chi connectivity index (χ0) is 10.7. The molecule has 0 aromatic carbocycles. The van der Waals surface area contributed by atoms with Crippen molar-refractivity contribution in [1.82, 2.24) is 14.8 Å². The largest absolute Gasteiger partial charge is 0.492 e. The van der Waals surface area contributed by atoms with Crippen molar-refractivity contribution in [1.29, 1.82) is 0 Å². The lowest BCUT2D eigenvalue weighted by Crippen LogP contribution is -1.99. The van der Waals surface area contributed by atoms with Gasteiger partial charge in [-0.15, -0.1) is 0 Å². The quantitative estimate of drug-likeness (QED) is 0.817. The molecule has 0 saturated heterocycles. The first-order valence-corrected chi connectivity index (χ1v) is 4.69. The maximum atomic E-state index is 5.53. The molecule has 0 unspecified atom stereocenters. The van der Waals surface area contributed by atoms with E-state index < -0.39 is 0 Å². The fraction of sp³-hybridized carbons (Fsp3) is 0.200. The van der Waals surface area contributed by atoms with Crippen LogP contribution in [0.2, 0.25) is 0 Å². The molecule has 0 fully saturated rings. The van der Waals surface area contributed by atoms with Gasteiger partial charge in [-0.1, -0.05) is 0 Å². The van der Waals surface area contributed by atoms with Crippen LogP contribution in [0, 0.1) is 0 Å². The van der Waals surface area contributed by atoms with E-state index in [-0.39, 0.29) is 0 Å². The molecule has 0 aliphatic heterocycles. The Morgan fingerprint density at radius 2 is 2.33 bits per heavy atom. The van der Waals surface area contributed by atoms with Crippen LogP contribution in [0.15, 0.2) is 30.7 Å². The molecule has 0 aliphatic carbocycles. The summed E-state index contributed by atoms with van der Waals surface area (Å²) in [5, 5.41) is 4.08. The van der Waals surface area contributed by atoms with Gasteiger partial charge in [-0.2, -0.15) is 5.10 Å². The van der Waals surface area contributed by atoms with Crippen LogP contribution in [0.25, 0.3) is 5.69 Å². The van der Waals surface area contributed by atoms with Gasteiger partial charge < -0.3 is 10.5 Å². The summed E-state index contributed by atoms with van der Waals surface area (Å²) in [6.45, 7) is 2.55. The van der Waals surface area contributed by atoms with E-state index in [2.05, 4.69) is 10.1 Å². The Morgan fingerprint density at radius 1 is 1.47 bits per heavy atom. The fourth-order valence-corrected chi connectivity index (χ4v) is 1.26. The number of ether oxygens (including phenoxy) is 1. The molecule has 2 aromatic rings. The van der Waals surface area contributed by atoms with E-state index >= 15 is 0 Å². The second kappa shape index (κ2) is 4.00. The third kappa shape index (κ3) is 2.07. The highest BCUT2D eigenvalue weighted by molar-refractivity contribution is 5.37. The number of rotatable bonds is 3. The van der Waals surface area contributed by atoms with Gasteiger partial charge in [0.2, 0.25) is 0 Å². The van der Waals surface area contributed by atoms with E-state index in [0.29, 0.717) is 12.4 Å². The molecule has 0 saturated carbocycles. The average Bonchev–Trinajstić information content (AvgIpc) is 2.66. The Morgan fingerprint density at radius 3 is 3.00 bits per heavy atom. The highest BCUT2D eigenvalue weighted by Crippen LogP contribution is 2.14. The minimum Gasteiger partial charge on any atom is -0.492 e. The standard InChI is InChI=1S/C10H12N4O/c1-2-15-9-5-8(6-12-7-9)14-4-3-10(11)13-14/h3-7H,2H2,1H3,(H2,11,13). The summed E-state index contributed by atoms with van der Waals surface area (Å²) in [6, 6.07) is 3.59. The number of nitrogens with two attached hydrogens (primary N) is 1. The smallest absolute Gasteiger partial charge is 0.145 e. The molecule has 78 valence electrons. The number of nitrogens with zero attached hydrogens (tertiary/aromatic N) is 3. The lowest BCUT2D eigenvalue weighted by atomic mass is 10.4. The molecule has 5 nitrogen and oxygen atoms in total. The zero-order valence-electron chi connectivity index (χ0n) is 8.42. The van der Waals surface area contributed by atoms with E-state index in [1.165, 1.54) is 0 Å². The number of aromatic nitrogens is 3. The van der Waals surface area contributed by atoms with E-state index in [1.54, 1.807) is 29.3 Å². The second-order valence-corrected chi connectivity index (χ2v) is 3.00.